The molecule has 1 atom stereocenters. The summed E-state index contributed by atoms with van der Waals surface area (Å²) in [5.74, 6) is 0.422. The van der Waals surface area contributed by atoms with E-state index in [1.54, 1.807) is 26.2 Å². The van der Waals surface area contributed by atoms with Crippen molar-refractivity contribution in [1.82, 2.24) is 10.6 Å². The van der Waals surface area contributed by atoms with Crippen LogP contribution in [0.4, 0.5) is 0 Å². The molecule has 1 aromatic carbocycles. The minimum Gasteiger partial charge on any atom is -0.497 e. The summed E-state index contributed by atoms with van der Waals surface area (Å²) in [6, 6.07) is 6.76. The van der Waals surface area contributed by atoms with Gasteiger partial charge in [0.25, 0.3) is 0 Å². The lowest BCUT2D eigenvalue weighted by Crippen LogP contribution is -2.45. The van der Waals surface area contributed by atoms with Crippen molar-refractivity contribution in [1.29, 1.82) is 0 Å². The molecule has 0 aliphatic heterocycles. The highest BCUT2D eigenvalue weighted by Gasteiger charge is 2.14. The standard InChI is InChI=1S/C15H22N2O3/c1-4-9-16-15(19)11(2)17-14(18)10-12-5-7-13(20-3)8-6-12/h5-8,11H,4,9-10H2,1-3H3,(H,16,19)(H,17,18). The van der Waals surface area contributed by atoms with Crippen molar-refractivity contribution in [2.24, 2.45) is 0 Å². The maximum Gasteiger partial charge on any atom is 0.242 e. The molecule has 0 aliphatic carbocycles. The van der Waals surface area contributed by atoms with Gasteiger partial charge in [0, 0.05) is 6.54 Å². The second kappa shape index (κ2) is 8.19. The fraction of sp³-hybridized carbons (Fsp3) is 0.467. The van der Waals surface area contributed by atoms with E-state index in [9.17, 15) is 9.59 Å². The van der Waals surface area contributed by atoms with E-state index in [1.165, 1.54) is 0 Å². The van der Waals surface area contributed by atoms with Gasteiger partial charge in [-0.05, 0) is 31.0 Å². The van der Waals surface area contributed by atoms with Crippen molar-refractivity contribution in [3.8, 4) is 5.75 Å². The van der Waals surface area contributed by atoms with E-state index in [2.05, 4.69) is 10.6 Å². The predicted molar refractivity (Wildman–Crippen MR) is 77.6 cm³/mol. The van der Waals surface area contributed by atoms with E-state index >= 15 is 0 Å². The number of benzene rings is 1. The first-order valence-electron chi connectivity index (χ1n) is 6.76. The van der Waals surface area contributed by atoms with E-state index in [4.69, 9.17) is 4.74 Å². The zero-order valence-electron chi connectivity index (χ0n) is 12.2. The van der Waals surface area contributed by atoms with Crippen LogP contribution in [0, 0.1) is 0 Å². The molecular weight excluding hydrogens is 256 g/mol. The zero-order chi connectivity index (χ0) is 15.0. The van der Waals surface area contributed by atoms with E-state index in [-0.39, 0.29) is 18.2 Å². The average Bonchev–Trinajstić information content (AvgIpc) is 2.45. The fourth-order valence-corrected chi connectivity index (χ4v) is 1.69. The molecule has 0 saturated carbocycles. The van der Waals surface area contributed by atoms with Gasteiger partial charge < -0.3 is 15.4 Å². The smallest absolute Gasteiger partial charge is 0.242 e. The van der Waals surface area contributed by atoms with Gasteiger partial charge in [0.1, 0.15) is 11.8 Å². The highest BCUT2D eigenvalue weighted by molar-refractivity contribution is 5.88. The molecule has 110 valence electrons. The molecule has 1 aromatic rings. The number of carbonyl (C=O) groups is 2. The van der Waals surface area contributed by atoms with Crippen molar-refractivity contribution in [2.75, 3.05) is 13.7 Å². The summed E-state index contributed by atoms with van der Waals surface area (Å²) in [5.41, 5.74) is 0.879. The van der Waals surface area contributed by atoms with Gasteiger partial charge in [-0.3, -0.25) is 9.59 Å². The Balaban J connectivity index is 2.44. The molecule has 0 saturated heterocycles. The molecule has 0 heterocycles. The molecule has 0 aliphatic rings. The SMILES string of the molecule is CCCNC(=O)C(C)NC(=O)Cc1ccc(OC)cc1. The summed E-state index contributed by atoms with van der Waals surface area (Å²) in [7, 11) is 1.60. The van der Waals surface area contributed by atoms with E-state index in [0.29, 0.717) is 6.54 Å². The molecule has 0 bridgehead atoms. The van der Waals surface area contributed by atoms with Crippen molar-refractivity contribution in [2.45, 2.75) is 32.7 Å². The topological polar surface area (TPSA) is 67.4 Å². The Bertz CT molecular complexity index is 443. The second-order valence-electron chi connectivity index (χ2n) is 4.61. The van der Waals surface area contributed by atoms with E-state index in [1.807, 2.05) is 19.1 Å². The summed E-state index contributed by atoms with van der Waals surface area (Å²) in [6.07, 6.45) is 1.12. The van der Waals surface area contributed by atoms with Gasteiger partial charge in [0.05, 0.1) is 13.5 Å². The van der Waals surface area contributed by atoms with Crippen LogP contribution in [0.15, 0.2) is 24.3 Å². The third kappa shape index (κ3) is 5.30. The highest BCUT2D eigenvalue weighted by atomic mass is 16.5. The largest absolute Gasteiger partial charge is 0.497 e. The summed E-state index contributed by atoms with van der Waals surface area (Å²) in [5, 5.41) is 5.43. The Hall–Kier alpha value is -2.04. The van der Waals surface area contributed by atoms with E-state index < -0.39 is 6.04 Å². The van der Waals surface area contributed by atoms with Gasteiger partial charge in [-0.25, -0.2) is 0 Å². The van der Waals surface area contributed by atoms with Gasteiger partial charge in [0.2, 0.25) is 11.8 Å². The van der Waals surface area contributed by atoms with Crippen LogP contribution in [0.25, 0.3) is 0 Å². The predicted octanol–water partition coefficient (Wildman–Crippen LogP) is 1.27. The van der Waals surface area contributed by atoms with Crippen LogP contribution in [0.3, 0.4) is 0 Å². The van der Waals surface area contributed by atoms with Crippen LogP contribution < -0.4 is 15.4 Å². The maximum atomic E-state index is 11.8. The summed E-state index contributed by atoms with van der Waals surface area (Å²) >= 11 is 0. The first-order chi connectivity index (χ1) is 9.56. The lowest BCUT2D eigenvalue weighted by atomic mass is 10.1. The van der Waals surface area contributed by atoms with Crippen LogP contribution >= 0.6 is 0 Å². The van der Waals surface area contributed by atoms with Crippen LogP contribution in [0.2, 0.25) is 0 Å². The van der Waals surface area contributed by atoms with Gasteiger partial charge in [0.15, 0.2) is 0 Å². The average molecular weight is 278 g/mol. The van der Waals surface area contributed by atoms with E-state index in [0.717, 1.165) is 17.7 Å². The van der Waals surface area contributed by atoms with Crippen molar-refractivity contribution >= 4 is 11.8 Å². The summed E-state index contributed by atoms with van der Waals surface area (Å²) in [6.45, 7) is 4.28. The van der Waals surface area contributed by atoms with Crippen LogP contribution in [-0.2, 0) is 16.0 Å². The molecule has 5 heteroatoms. The molecule has 2 N–H and O–H groups in total. The monoisotopic (exact) mass is 278 g/mol. The van der Waals surface area contributed by atoms with Crippen molar-refractivity contribution in [3.05, 3.63) is 29.8 Å². The highest BCUT2D eigenvalue weighted by Crippen LogP contribution is 2.11. The fourth-order valence-electron chi connectivity index (χ4n) is 1.69. The molecule has 0 spiro atoms. The molecule has 0 aromatic heterocycles. The first-order valence-corrected chi connectivity index (χ1v) is 6.76. The number of methoxy groups -OCH3 is 1. The molecule has 5 nitrogen and oxygen atoms in total. The number of ether oxygens (including phenoxy) is 1. The van der Waals surface area contributed by atoms with Crippen molar-refractivity contribution in [3.63, 3.8) is 0 Å². The van der Waals surface area contributed by atoms with Crippen LogP contribution in [-0.4, -0.2) is 31.5 Å². The third-order valence-corrected chi connectivity index (χ3v) is 2.84. The number of nitrogens with one attached hydrogen (secondary N) is 2. The first kappa shape index (κ1) is 16.0. The molecule has 2 amide bonds. The Kier molecular flexibility index (Phi) is 6.56. The molecule has 0 fully saturated rings. The normalized spacial score (nSPS) is 11.6. The van der Waals surface area contributed by atoms with Crippen LogP contribution in [0.5, 0.6) is 5.75 Å². The molecular formula is C15H22N2O3. The minimum absolute atomic E-state index is 0.157. The molecule has 20 heavy (non-hydrogen) atoms. The number of amides is 2. The van der Waals surface area contributed by atoms with Gasteiger partial charge >= 0.3 is 0 Å². The quantitative estimate of drug-likeness (QED) is 0.789. The summed E-state index contributed by atoms with van der Waals surface area (Å²) < 4.78 is 5.05. The number of hydrogen-bond donors (Lipinski definition) is 2. The number of hydrogen-bond acceptors (Lipinski definition) is 3. The Morgan fingerprint density at radius 2 is 1.90 bits per heavy atom. The maximum absolute atomic E-state index is 11.8. The second-order valence-corrected chi connectivity index (χ2v) is 4.61. The Morgan fingerprint density at radius 3 is 2.45 bits per heavy atom. The number of rotatable bonds is 7. The van der Waals surface area contributed by atoms with Crippen molar-refractivity contribution < 1.29 is 14.3 Å². The lowest BCUT2D eigenvalue weighted by Gasteiger charge is -2.13. The van der Waals surface area contributed by atoms with Crippen LogP contribution in [0.1, 0.15) is 25.8 Å². The van der Waals surface area contributed by atoms with Gasteiger partial charge in [-0.15, -0.1) is 0 Å². The van der Waals surface area contributed by atoms with Gasteiger partial charge in [-0.2, -0.15) is 0 Å². The zero-order valence-corrected chi connectivity index (χ0v) is 12.2. The lowest BCUT2D eigenvalue weighted by molar-refractivity contribution is -0.128. The van der Waals surface area contributed by atoms with Gasteiger partial charge in [-0.1, -0.05) is 19.1 Å². The minimum atomic E-state index is -0.521. The molecule has 1 rings (SSSR count). The molecule has 1 unspecified atom stereocenters. The number of carbonyl (C=O) groups excluding carboxylic acids is 2. The third-order valence-electron chi connectivity index (χ3n) is 2.84. The molecule has 0 radical (unpaired) electrons. The Morgan fingerprint density at radius 1 is 1.25 bits per heavy atom. The Labute approximate surface area is 119 Å². The summed E-state index contributed by atoms with van der Waals surface area (Å²) in [4.78, 5) is 23.5.